The molecule has 2 heterocycles. The van der Waals surface area contributed by atoms with Crippen LogP contribution in [0, 0.1) is 0 Å². The summed E-state index contributed by atoms with van der Waals surface area (Å²) in [4.78, 5) is 10.8. The average Bonchev–Trinajstić information content (AvgIpc) is 3.15. The molecule has 3 rings (SSSR count). The monoisotopic (exact) mass is 252 g/mol. The first kappa shape index (κ1) is 11.2. The quantitative estimate of drug-likeness (QED) is 0.834. The van der Waals surface area contributed by atoms with Gasteiger partial charge in [0.25, 0.3) is 0 Å². The lowest BCUT2D eigenvalue weighted by molar-refractivity contribution is 0.427. The molecule has 1 atom stereocenters. The van der Waals surface area contributed by atoms with E-state index in [0.717, 1.165) is 18.9 Å². The average molecular weight is 253 g/mol. The topological polar surface area (TPSA) is 41.1 Å². The molecular formula is C12H17ClN4. The molecule has 0 amide bonds. The van der Waals surface area contributed by atoms with E-state index in [1.807, 2.05) is 6.07 Å². The molecule has 0 bridgehead atoms. The molecule has 1 N–H and O–H groups in total. The molecule has 17 heavy (non-hydrogen) atoms. The molecule has 2 aliphatic rings. The molecule has 4 nitrogen and oxygen atoms in total. The van der Waals surface area contributed by atoms with Crippen molar-refractivity contribution in [2.75, 3.05) is 18.0 Å². The molecule has 0 spiro atoms. The van der Waals surface area contributed by atoms with Gasteiger partial charge in [0.05, 0.1) is 0 Å². The fourth-order valence-corrected chi connectivity index (χ4v) is 2.71. The maximum absolute atomic E-state index is 5.89. The van der Waals surface area contributed by atoms with Gasteiger partial charge >= 0.3 is 0 Å². The van der Waals surface area contributed by atoms with Crippen molar-refractivity contribution in [2.24, 2.45) is 0 Å². The Labute approximate surface area is 106 Å². The van der Waals surface area contributed by atoms with Crippen LogP contribution in [0.15, 0.2) is 12.3 Å². The maximum Gasteiger partial charge on any atom is 0.224 e. The van der Waals surface area contributed by atoms with Crippen molar-refractivity contribution in [2.45, 2.75) is 37.8 Å². The smallest absolute Gasteiger partial charge is 0.224 e. The van der Waals surface area contributed by atoms with Gasteiger partial charge in [-0.15, -0.1) is 0 Å². The third kappa shape index (κ3) is 2.53. The van der Waals surface area contributed by atoms with Crippen LogP contribution in [0.25, 0.3) is 0 Å². The largest absolute Gasteiger partial charge is 0.349 e. The molecule has 0 radical (unpaired) electrons. The van der Waals surface area contributed by atoms with Crippen molar-refractivity contribution in [3.05, 3.63) is 17.5 Å². The van der Waals surface area contributed by atoms with Crippen molar-refractivity contribution >= 4 is 17.4 Å². The van der Waals surface area contributed by atoms with Gasteiger partial charge in [-0.2, -0.15) is 0 Å². The number of nitrogens with zero attached hydrogens (tertiary/aromatic N) is 3. The Morgan fingerprint density at radius 1 is 1.29 bits per heavy atom. The van der Waals surface area contributed by atoms with Crippen LogP contribution in [-0.2, 0) is 0 Å². The van der Waals surface area contributed by atoms with E-state index in [1.54, 1.807) is 6.20 Å². The van der Waals surface area contributed by atoms with Gasteiger partial charge in [-0.1, -0.05) is 0 Å². The van der Waals surface area contributed by atoms with E-state index in [2.05, 4.69) is 20.2 Å². The predicted molar refractivity (Wildman–Crippen MR) is 68.4 cm³/mol. The van der Waals surface area contributed by atoms with Gasteiger partial charge in [0.2, 0.25) is 5.28 Å². The standard InChI is InChI=1S/C12H17ClN4/c13-12-15-7-5-11(16-12)17(9-3-4-9)10-2-1-6-14-8-10/h5,7,9-10,14H,1-4,6,8H2/t10-/m1/s1. The fraction of sp³-hybridized carbons (Fsp3) is 0.667. The van der Waals surface area contributed by atoms with E-state index in [-0.39, 0.29) is 0 Å². The lowest BCUT2D eigenvalue weighted by atomic mass is 10.1. The summed E-state index contributed by atoms with van der Waals surface area (Å²) in [6.07, 6.45) is 6.78. The second-order valence-electron chi connectivity index (χ2n) is 4.82. The first-order valence-corrected chi connectivity index (χ1v) is 6.70. The molecule has 92 valence electrons. The van der Waals surface area contributed by atoms with Crippen LogP contribution in [0.3, 0.4) is 0 Å². The van der Waals surface area contributed by atoms with E-state index in [4.69, 9.17) is 11.6 Å². The summed E-state index contributed by atoms with van der Waals surface area (Å²) in [7, 11) is 0. The summed E-state index contributed by atoms with van der Waals surface area (Å²) in [5.41, 5.74) is 0. The highest BCUT2D eigenvalue weighted by Gasteiger charge is 2.35. The Morgan fingerprint density at radius 2 is 2.18 bits per heavy atom. The van der Waals surface area contributed by atoms with Crippen molar-refractivity contribution in [3.8, 4) is 0 Å². The van der Waals surface area contributed by atoms with Crippen molar-refractivity contribution in [1.29, 1.82) is 0 Å². The van der Waals surface area contributed by atoms with E-state index in [0.29, 0.717) is 17.4 Å². The van der Waals surface area contributed by atoms with E-state index < -0.39 is 0 Å². The number of halogens is 1. The number of rotatable bonds is 3. The molecule has 1 saturated carbocycles. The fourth-order valence-electron chi connectivity index (χ4n) is 2.57. The SMILES string of the molecule is Clc1nccc(N(C2CC2)[C@@H]2CCCNC2)n1. The summed E-state index contributed by atoms with van der Waals surface area (Å²) < 4.78 is 0. The van der Waals surface area contributed by atoms with Gasteiger partial charge in [0.15, 0.2) is 0 Å². The van der Waals surface area contributed by atoms with Crippen LogP contribution in [0.2, 0.25) is 5.28 Å². The Hall–Kier alpha value is -0.870. The third-order valence-corrected chi connectivity index (χ3v) is 3.66. The van der Waals surface area contributed by atoms with Crippen LogP contribution in [0.4, 0.5) is 5.82 Å². The molecule has 1 aliphatic carbocycles. The summed E-state index contributed by atoms with van der Waals surface area (Å²) in [5, 5.41) is 3.81. The predicted octanol–water partition coefficient (Wildman–Crippen LogP) is 1.85. The highest BCUT2D eigenvalue weighted by Crippen LogP contribution is 2.34. The van der Waals surface area contributed by atoms with Crippen molar-refractivity contribution in [1.82, 2.24) is 15.3 Å². The molecule has 1 saturated heterocycles. The highest BCUT2D eigenvalue weighted by atomic mass is 35.5. The summed E-state index contributed by atoms with van der Waals surface area (Å²) >= 11 is 5.89. The minimum absolute atomic E-state index is 0.344. The molecule has 1 aromatic rings. The minimum atomic E-state index is 0.344. The second kappa shape index (κ2) is 4.78. The van der Waals surface area contributed by atoms with Crippen molar-refractivity contribution in [3.63, 3.8) is 0 Å². The number of piperidine rings is 1. The van der Waals surface area contributed by atoms with Gasteiger partial charge in [-0.25, -0.2) is 9.97 Å². The zero-order valence-electron chi connectivity index (χ0n) is 9.77. The highest BCUT2D eigenvalue weighted by molar-refractivity contribution is 6.28. The number of hydrogen-bond donors (Lipinski definition) is 1. The Morgan fingerprint density at radius 3 is 2.82 bits per heavy atom. The molecular weight excluding hydrogens is 236 g/mol. The summed E-state index contributed by atoms with van der Waals surface area (Å²) in [5.74, 6) is 0.987. The zero-order chi connectivity index (χ0) is 11.7. The van der Waals surface area contributed by atoms with Gasteiger partial charge in [0.1, 0.15) is 5.82 Å². The third-order valence-electron chi connectivity index (χ3n) is 3.48. The van der Waals surface area contributed by atoms with Crippen molar-refractivity contribution < 1.29 is 0 Å². The van der Waals surface area contributed by atoms with Crippen LogP contribution in [0.5, 0.6) is 0 Å². The number of hydrogen-bond acceptors (Lipinski definition) is 4. The van der Waals surface area contributed by atoms with Crippen LogP contribution >= 0.6 is 11.6 Å². The second-order valence-corrected chi connectivity index (χ2v) is 5.16. The number of aromatic nitrogens is 2. The molecule has 2 fully saturated rings. The molecule has 5 heteroatoms. The van der Waals surface area contributed by atoms with Crippen LogP contribution < -0.4 is 10.2 Å². The van der Waals surface area contributed by atoms with Gasteiger partial charge in [-0.3, -0.25) is 0 Å². The molecule has 0 unspecified atom stereocenters. The van der Waals surface area contributed by atoms with Gasteiger partial charge in [0, 0.05) is 24.8 Å². The van der Waals surface area contributed by atoms with E-state index in [9.17, 15) is 0 Å². The molecule has 1 aromatic heterocycles. The molecule has 0 aromatic carbocycles. The molecule has 1 aliphatic heterocycles. The minimum Gasteiger partial charge on any atom is -0.349 e. The van der Waals surface area contributed by atoms with Crippen LogP contribution in [-0.4, -0.2) is 35.1 Å². The zero-order valence-corrected chi connectivity index (χ0v) is 10.5. The van der Waals surface area contributed by atoms with Gasteiger partial charge < -0.3 is 10.2 Å². The number of anilines is 1. The lowest BCUT2D eigenvalue weighted by Gasteiger charge is -2.35. The Kier molecular flexibility index (Phi) is 3.16. The maximum atomic E-state index is 5.89. The Balaban J connectivity index is 1.83. The van der Waals surface area contributed by atoms with E-state index >= 15 is 0 Å². The first-order valence-electron chi connectivity index (χ1n) is 6.32. The van der Waals surface area contributed by atoms with Gasteiger partial charge in [-0.05, 0) is 49.9 Å². The van der Waals surface area contributed by atoms with E-state index in [1.165, 1.54) is 25.7 Å². The Bertz CT molecular complexity index is 388. The normalized spacial score (nSPS) is 24.6. The van der Waals surface area contributed by atoms with Crippen LogP contribution in [0.1, 0.15) is 25.7 Å². The lowest BCUT2D eigenvalue weighted by Crippen LogP contribution is -2.47. The number of nitrogens with one attached hydrogen (secondary N) is 1. The summed E-state index contributed by atoms with van der Waals surface area (Å²) in [6.45, 7) is 2.19. The first-order chi connectivity index (χ1) is 8.34. The summed E-state index contributed by atoms with van der Waals surface area (Å²) in [6, 6.07) is 3.19.